The molecule has 18 heavy (non-hydrogen) atoms. The average molecular weight is 317 g/mol. The van der Waals surface area contributed by atoms with Crippen molar-refractivity contribution in [1.82, 2.24) is 0 Å². The van der Waals surface area contributed by atoms with Crippen LogP contribution in [0.15, 0.2) is 33.4 Å². The van der Waals surface area contributed by atoms with Gasteiger partial charge in [0.25, 0.3) is 0 Å². The molecule has 1 aromatic heterocycles. The van der Waals surface area contributed by atoms with Crippen LogP contribution in [0.1, 0.15) is 12.7 Å². The van der Waals surface area contributed by atoms with Gasteiger partial charge in [0, 0.05) is 0 Å². The van der Waals surface area contributed by atoms with Crippen LogP contribution in [-0.2, 0) is 25.5 Å². The van der Waals surface area contributed by atoms with E-state index in [-0.39, 0.29) is 25.2 Å². The molecule has 6 heteroatoms. The van der Waals surface area contributed by atoms with E-state index in [4.69, 9.17) is 13.9 Å². The summed E-state index contributed by atoms with van der Waals surface area (Å²) in [5.74, 6) is -0.582. The molecule has 0 aliphatic rings. The molecule has 5 nitrogen and oxygen atoms in total. The Morgan fingerprint density at radius 3 is 2.67 bits per heavy atom. The van der Waals surface area contributed by atoms with Crippen LogP contribution in [0.5, 0.6) is 0 Å². The summed E-state index contributed by atoms with van der Waals surface area (Å²) in [7, 11) is 0. The van der Waals surface area contributed by atoms with Gasteiger partial charge in [0.05, 0.1) is 12.2 Å². The Kier molecular flexibility index (Phi) is 5.64. The van der Waals surface area contributed by atoms with Crippen molar-refractivity contribution in [3.8, 4) is 0 Å². The molecule has 0 bridgehead atoms. The summed E-state index contributed by atoms with van der Waals surface area (Å²) in [5, 5.41) is 0. The fourth-order valence-corrected chi connectivity index (χ4v) is 1.44. The molecular weight excluding hydrogens is 304 g/mol. The molecule has 0 atom stereocenters. The Balaban J connectivity index is 2.33. The summed E-state index contributed by atoms with van der Waals surface area (Å²) >= 11 is 3.13. The number of carbonyl (C=O) groups excluding carboxylic acids is 2. The molecule has 98 valence electrons. The molecule has 0 amide bonds. The van der Waals surface area contributed by atoms with Crippen molar-refractivity contribution in [2.24, 2.45) is 0 Å². The van der Waals surface area contributed by atoms with Crippen molar-refractivity contribution < 1.29 is 23.5 Å². The predicted molar refractivity (Wildman–Crippen MR) is 66.8 cm³/mol. The van der Waals surface area contributed by atoms with Crippen LogP contribution in [0.25, 0.3) is 0 Å². The topological polar surface area (TPSA) is 65.7 Å². The highest BCUT2D eigenvalue weighted by Crippen LogP contribution is 2.14. The van der Waals surface area contributed by atoms with Crippen molar-refractivity contribution in [2.75, 3.05) is 13.2 Å². The largest absolute Gasteiger partial charge is 0.463 e. The zero-order valence-electron chi connectivity index (χ0n) is 9.90. The lowest BCUT2D eigenvalue weighted by Crippen LogP contribution is -2.15. The first kappa shape index (κ1) is 14.5. The first-order valence-corrected chi connectivity index (χ1v) is 6.07. The van der Waals surface area contributed by atoms with Gasteiger partial charge in [-0.25, -0.2) is 4.79 Å². The van der Waals surface area contributed by atoms with Gasteiger partial charge in [0.1, 0.15) is 18.8 Å². The third-order valence-electron chi connectivity index (χ3n) is 1.92. The molecule has 0 aliphatic heterocycles. The van der Waals surface area contributed by atoms with Gasteiger partial charge in [0.2, 0.25) is 0 Å². The third kappa shape index (κ3) is 4.75. The molecule has 0 saturated carbocycles. The second-order valence-corrected chi connectivity index (χ2v) is 4.15. The number of esters is 2. The molecule has 1 heterocycles. The van der Waals surface area contributed by atoms with Crippen molar-refractivity contribution in [3.05, 3.63) is 34.7 Å². The molecule has 0 N–H and O–H groups in total. The third-order valence-corrected chi connectivity index (χ3v) is 2.35. The van der Waals surface area contributed by atoms with Crippen molar-refractivity contribution in [1.29, 1.82) is 0 Å². The maximum atomic E-state index is 11.4. The molecule has 0 spiro atoms. The minimum atomic E-state index is -0.564. The fraction of sp³-hybridized carbons (Fsp3) is 0.333. The Morgan fingerprint density at radius 2 is 2.11 bits per heavy atom. The molecule has 1 aromatic rings. The minimum absolute atomic E-state index is 0.00169. The Labute approximate surface area is 113 Å². The summed E-state index contributed by atoms with van der Waals surface area (Å²) in [6, 6.07) is 3.34. The molecule has 0 aromatic carbocycles. The lowest BCUT2D eigenvalue weighted by atomic mass is 10.3. The van der Waals surface area contributed by atoms with Crippen LogP contribution in [0.4, 0.5) is 0 Å². The second-order valence-electron chi connectivity index (χ2n) is 3.37. The highest BCUT2D eigenvalue weighted by molar-refractivity contribution is 9.10. The number of carbonyl (C=O) groups is 2. The summed E-state index contributed by atoms with van der Waals surface area (Å²) in [4.78, 5) is 22.6. The van der Waals surface area contributed by atoms with Crippen molar-refractivity contribution >= 4 is 27.9 Å². The van der Waals surface area contributed by atoms with E-state index >= 15 is 0 Å². The number of ether oxygens (including phenoxy) is 2. The van der Waals surface area contributed by atoms with E-state index in [1.165, 1.54) is 0 Å². The van der Waals surface area contributed by atoms with Gasteiger partial charge in [-0.1, -0.05) is 6.58 Å². The number of hydrogen-bond acceptors (Lipinski definition) is 5. The van der Waals surface area contributed by atoms with E-state index in [1.54, 1.807) is 19.1 Å². The first-order valence-electron chi connectivity index (χ1n) is 5.27. The van der Waals surface area contributed by atoms with Crippen LogP contribution in [-0.4, -0.2) is 25.2 Å². The van der Waals surface area contributed by atoms with Gasteiger partial charge >= 0.3 is 11.9 Å². The monoisotopic (exact) mass is 316 g/mol. The molecule has 1 rings (SSSR count). The zero-order valence-corrected chi connectivity index (χ0v) is 11.5. The highest BCUT2D eigenvalue weighted by Gasteiger charge is 2.12. The summed E-state index contributed by atoms with van der Waals surface area (Å²) in [6.07, 6.45) is 0.00169. The maximum absolute atomic E-state index is 11.4. The van der Waals surface area contributed by atoms with Crippen molar-refractivity contribution in [2.45, 2.75) is 13.3 Å². The standard InChI is InChI=1S/C12H13BrO5/c1-3-16-12(15)8(2)7-17-11(14)6-9-4-5-10(13)18-9/h4-5H,2-3,6-7H2,1H3. The van der Waals surface area contributed by atoms with E-state index in [2.05, 4.69) is 22.5 Å². The average Bonchev–Trinajstić information content (AvgIpc) is 2.72. The van der Waals surface area contributed by atoms with E-state index in [0.29, 0.717) is 10.4 Å². The minimum Gasteiger partial charge on any atom is -0.463 e. The molecule has 0 fully saturated rings. The number of furan rings is 1. The zero-order chi connectivity index (χ0) is 13.5. The predicted octanol–water partition coefficient (Wildman–Crippen LogP) is 2.25. The number of halogens is 1. The smallest absolute Gasteiger partial charge is 0.336 e. The van der Waals surface area contributed by atoms with Crippen LogP contribution < -0.4 is 0 Å². The van der Waals surface area contributed by atoms with E-state index in [0.717, 1.165) is 0 Å². The Morgan fingerprint density at radius 1 is 1.39 bits per heavy atom. The second kappa shape index (κ2) is 7.00. The van der Waals surface area contributed by atoms with Gasteiger partial charge in [-0.15, -0.1) is 0 Å². The Hall–Kier alpha value is -1.56. The van der Waals surface area contributed by atoms with Gasteiger partial charge in [-0.05, 0) is 35.0 Å². The van der Waals surface area contributed by atoms with Crippen LogP contribution in [0.2, 0.25) is 0 Å². The van der Waals surface area contributed by atoms with Gasteiger partial charge < -0.3 is 13.9 Å². The maximum Gasteiger partial charge on any atom is 0.336 e. The highest BCUT2D eigenvalue weighted by atomic mass is 79.9. The summed E-state index contributed by atoms with van der Waals surface area (Å²) in [6.45, 7) is 5.24. The molecule has 0 unspecified atom stereocenters. The lowest BCUT2D eigenvalue weighted by molar-refractivity contribution is -0.144. The molecule has 0 radical (unpaired) electrons. The van der Waals surface area contributed by atoms with Gasteiger partial charge in [-0.2, -0.15) is 0 Å². The SMILES string of the molecule is C=C(COC(=O)Cc1ccc(Br)o1)C(=O)OCC. The van der Waals surface area contributed by atoms with Crippen molar-refractivity contribution in [3.63, 3.8) is 0 Å². The molecular formula is C12H13BrO5. The van der Waals surface area contributed by atoms with Crippen LogP contribution in [0, 0.1) is 0 Å². The van der Waals surface area contributed by atoms with Crippen LogP contribution >= 0.6 is 15.9 Å². The fourth-order valence-electron chi connectivity index (χ4n) is 1.10. The van der Waals surface area contributed by atoms with Gasteiger partial charge in [0.15, 0.2) is 4.67 Å². The summed E-state index contributed by atoms with van der Waals surface area (Å²) in [5.41, 5.74) is 0.103. The Bertz CT molecular complexity index is 449. The van der Waals surface area contributed by atoms with E-state index < -0.39 is 11.9 Å². The summed E-state index contributed by atoms with van der Waals surface area (Å²) < 4.78 is 15.3. The lowest BCUT2D eigenvalue weighted by Gasteiger charge is -2.06. The quantitative estimate of drug-likeness (QED) is 0.595. The molecule has 0 saturated heterocycles. The van der Waals surface area contributed by atoms with E-state index in [1.807, 2.05) is 0 Å². The normalized spacial score (nSPS) is 9.89. The van der Waals surface area contributed by atoms with E-state index in [9.17, 15) is 9.59 Å². The molecule has 0 aliphatic carbocycles. The van der Waals surface area contributed by atoms with Gasteiger partial charge in [-0.3, -0.25) is 4.79 Å². The first-order chi connectivity index (χ1) is 8.52. The van der Waals surface area contributed by atoms with Crippen LogP contribution in [0.3, 0.4) is 0 Å². The number of hydrogen-bond donors (Lipinski definition) is 0. The number of rotatable bonds is 6.